The van der Waals surface area contributed by atoms with Crippen LogP contribution in [0.25, 0.3) is 0 Å². The summed E-state index contributed by atoms with van der Waals surface area (Å²) in [5.41, 5.74) is 5.45. The van der Waals surface area contributed by atoms with Gasteiger partial charge in [-0.1, -0.05) is 12.8 Å². The minimum Gasteiger partial charge on any atom is -0.392 e. The molecule has 3 heteroatoms. The summed E-state index contributed by atoms with van der Waals surface area (Å²) in [6.45, 7) is 2.68. The number of hydrogen-bond acceptors (Lipinski definition) is 3. The fraction of sp³-hybridized carbons (Fsp3) is 1.00. The maximum Gasteiger partial charge on any atom is 0.0674 e. The summed E-state index contributed by atoms with van der Waals surface area (Å²) >= 11 is 0. The first-order valence-electron chi connectivity index (χ1n) is 6.93. The van der Waals surface area contributed by atoms with E-state index in [1.54, 1.807) is 0 Å². The molecule has 0 spiro atoms. The molecule has 2 atom stereocenters. The van der Waals surface area contributed by atoms with Gasteiger partial charge in [-0.2, -0.15) is 0 Å². The predicted octanol–water partition coefficient (Wildman–Crippen LogP) is 1.35. The van der Waals surface area contributed by atoms with Crippen LogP contribution in [-0.2, 0) is 0 Å². The van der Waals surface area contributed by atoms with Gasteiger partial charge in [0.05, 0.1) is 6.10 Å². The van der Waals surface area contributed by atoms with Crippen LogP contribution in [0.15, 0.2) is 0 Å². The van der Waals surface area contributed by atoms with Crippen molar-refractivity contribution >= 4 is 0 Å². The second kappa shape index (κ2) is 5.99. The molecular formula is C13H26N2O. The van der Waals surface area contributed by atoms with E-state index in [-0.39, 0.29) is 6.10 Å². The second-order valence-corrected chi connectivity index (χ2v) is 5.47. The SMILES string of the molecule is NCC(O)CCN1CCCC1C1CCCC1. The molecule has 0 aromatic heterocycles. The van der Waals surface area contributed by atoms with Gasteiger partial charge in [-0.15, -0.1) is 0 Å². The van der Waals surface area contributed by atoms with Gasteiger partial charge >= 0.3 is 0 Å². The Kier molecular flexibility index (Phi) is 4.62. The highest BCUT2D eigenvalue weighted by atomic mass is 16.3. The normalized spacial score (nSPS) is 30.0. The van der Waals surface area contributed by atoms with Crippen molar-refractivity contribution in [3.05, 3.63) is 0 Å². The van der Waals surface area contributed by atoms with Crippen LogP contribution < -0.4 is 5.73 Å². The van der Waals surface area contributed by atoms with E-state index in [0.717, 1.165) is 24.9 Å². The molecule has 1 heterocycles. The van der Waals surface area contributed by atoms with E-state index >= 15 is 0 Å². The fourth-order valence-electron chi connectivity index (χ4n) is 3.44. The van der Waals surface area contributed by atoms with Crippen LogP contribution in [0.4, 0.5) is 0 Å². The molecule has 94 valence electrons. The van der Waals surface area contributed by atoms with E-state index in [9.17, 15) is 5.11 Å². The third-order valence-corrected chi connectivity index (χ3v) is 4.38. The highest BCUT2D eigenvalue weighted by Gasteiger charge is 2.32. The van der Waals surface area contributed by atoms with Crippen molar-refractivity contribution in [2.24, 2.45) is 11.7 Å². The van der Waals surface area contributed by atoms with E-state index in [2.05, 4.69) is 4.90 Å². The zero-order valence-corrected chi connectivity index (χ0v) is 10.3. The molecule has 3 nitrogen and oxygen atoms in total. The van der Waals surface area contributed by atoms with E-state index in [1.807, 2.05) is 0 Å². The van der Waals surface area contributed by atoms with Crippen LogP contribution >= 0.6 is 0 Å². The largest absolute Gasteiger partial charge is 0.392 e. The Bertz CT molecular complexity index is 204. The highest BCUT2D eigenvalue weighted by Crippen LogP contribution is 2.35. The van der Waals surface area contributed by atoms with Crippen molar-refractivity contribution in [1.82, 2.24) is 4.90 Å². The topological polar surface area (TPSA) is 49.5 Å². The van der Waals surface area contributed by atoms with Gasteiger partial charge in [-0.25, -0.2) is 0 Å². The molecule has 3 N–H and O–H groups in total. The van der Waals surface area contributed by atoms with Crippen molar-refractivity contribution in [2.45, 2.75) is 57.1 Å². The van der Waals surface area contributed by atoms with E-state index in [1.165, 1.54) is 45.1 Å². The summed E-state index contributed by atoms with van der Waals surface area (Å²) in [5.74, 6) is 0.942. The molecule has 2 unspecified atom stereocenters. The van der Waals surface area contributed by atoms with Crippen molar-refractivity contribution in [1.29, 1.82) is 0 Å². The van der Waals surface area contributed by atoms with Crippen LogP contribution in [0.2, 0.25) is 0 Å². The van der Waals surface area contributed by atoms with Gasteiger partial charge in [0.15, 0.2) is 0 Å². The predicted molar refractivity (Wildman–Crippen MR) is 66.2 cm³/mol. The summed E-state index contributed by atoms with van der Waals surface area (Å²) in [7, 11) is 0. The van der Waals surface area contributed by atoms with Gasteiger partial charge in [0.1, 0.15) is 0 Å². The quantitative estimate of drug-likeness (QED) is 0.744. The lowest BCUT2D eigenvalue weighted by Crippen LogP contribution is -2.37. The van der Waals surface area contributed by atoms with Crippen LogP contribution in [0.3, 0.4) is 0 Å². The Hall–Kier alpha value is -0.120. The fourth-order valence-corrected chi connectivity index (χ4v) is 3.44. The first-order valence-corrected chi connectivity index (χ1v) is 6.93. The van der Waals surface area contributed by atoms with E-state index < -0.39 is 0 Å². The van der Waals surface area contributed by atoms with E-state index in [0.29, 0.717) is 6.54 Å². The summed E-state index contributed by atoms with van der Waals surface area (Å²) in [4.78, 5) is 2.61. The molecular weight excluding hydrogens is 200 g/mol. The van der Waals surface area contributed by atoms with Crippen LogP contribution in [0, 0.1) is 5.92 Å². The van der Waals surface area contributed by atoms with Gasteiger partial charge in [-0.3, -0.25) is 0 Å². The molecule has 0 aromatic carbocycles. The van der Waals surface area contributed by atoms with Gasteiger partial charge in [0.25, 0.3) is 0 Å². The third-order valence-electron chi connectivity index (χ3n) is 4.38. The molecule has 1 aliphatic carbocycles. The molecule has 1 aliphatic heterocycles. The number of likely N-dealkylation sites (tertiary alicyclic amines) is 1. The Morgan fingerprint density at radius 2 is 1.94 bits per heavy atom. The van der Waals surface area contributed by atoms with E-state index in [4.69, 9.17) is 5.73 Å². The lowest BCUT2D eigenvalue weighted by molar-refractivity contribution is 0.128. The maximum absolute atomic E-state index is 9.52. The van der Waals surface area contributed by atoms with Crippen molar-refractivity contribution in [2.75, 3.05) is 19.6 Å². The number of aliphatic hydroxyl groups excluding tert-OH is 1. The molecule has 2 rings (SSSR count). The third kappa shape index (κ3) is 2.96. The van der Waals surface area contributed by atoms with Crippen LogP contribution in [-0.4, -0.2) is 41.8 Å². The molecule has 16 heavy (non-hydrogen) atoms. The maximum atomic E-state index is 9.52. The monoisotopic (exact) mass is 226 g/mol. The van der Waals surface area contributed by atoms with Crippen molar-refractivity contribution in [3.63, 3.8) is 0 Å². The van der Waals surface area contributed by atoms with Crippen molar-refractivity contribution < 1.29 is 5.11 Å². The zero-order valence-electron chi connectivity index (χ0n) is 10.3. The second-order valence-electron chi connectivity index (χ2n) is 5.47. The lowest BCUT2D eigenvalue weighted by atomic mass is 9.96. The smallest absolute Gasteiger partial charge is 0.0674 e. The number of nitrogens with zero attached hydrogens (tertiary/aromatic N) is 1. The molecule has 0 radical (unpaired) electrons. The highest BCUT2D eigenvalue weighted by molar-refractivity contribution is 4.87. The Morgan fingerprint density at radius 3 is 2.62 bits per heavy atom. The molecule has 1 saturated heterocycles. The molecule has 2 fully saturated rings. The summed E-state index contributed by atoms with van der Waals surface area (Å²) < 4.78 is 0. The lowest BCUT2D eigenvalue weighted by Gasteiger charge is -2.29. The minimum atomic E-state index is -0.301. The average molecular weight is 226 g/mol. The molecule has 1 saturated carbocycles. The minimum absolute atomic E-state index is 0.301. The number of nitrogens with two attached hydrogens (primary N) is 1. The van der Waals surface area contributed by atoms with Gasteiger partial charge in [0, 0.05) is 19.1 Å². The summed E-state index contributed by atoms with van der Waals surface area (Å²) in [6, 6.07) is 0.812. The molecule has 0 amide bonds. The summed E-state index contributed by atoms with van der Waals surface area (Å²) in [6.07, 6.45) is 9.00. The number of aliphatic hydroxyl groups is 1. The first kappa shape index (κ1) is 12.3. The Balaban J connectivity index is 1.78. The number of hydrogen-bond donors (Lipinski definition) is 2. The summed E-state index contributed by atoms with van der Waals surface area (Å²) in [5, 5.41) is 9.52. The van der Waals surface area contributed by atoms with Gasteiger partial charge < -0.3 is 15.7 Å². The zero-order chi connectivity index (χ0) is 11.4. The molecule has 0 aromatic rings. The van der Waals surface area contributed by atoms with Crippen LogP contribution in [0.1, 0.15) is 44.9 Å². The standard InChI is InChI=1S/C13H26N2O/c14-10-12(16)7-9-15-8-3-6-13(15)11-4-1-2-5-11/h11-13,16H,1-10,14H2. The number of rotatable bonds is 5. The first-order chi connectivity index (χ1) is 7.81. The molecule has 0 bridgehead atoms. The van der Waals surface area contributed by atoms with Crippen LogP contribution in [0.5, 0.6) is 0 Å². The Morgan fingerprint density at radius 1 is 1.19 bits per heavy atom. The Labute approximate surface area is 99.0 Å². The molecule has 2 aliphatic rings. The van der Waals surface area contributed by atoms with Gasteiger partial charge in [-0.05, 0) is 44.6 Å². The van der Waals surface area contributed by atoms with Gasteiger partial charge in [0.2, 0.25) is 0 Å². The van der Waals surface area contributed by atoms with Crippen molar-refractivity contribution in [3.8, 4) is 0 Å². The average Bonchev–Trinajstić information content (AvgIpc) is 2.95.